The first-order chi connectivity index (χ1) is 6.92. The molecule has 1 heteroatoms. The molecule has 0 aliphatic heterocycles. The maximum Gasteiger partial charge on any atom is 0.0305 e. The number of rotatable bonds is 3. The first kappa shape index (κ1) is 10.2. The molecule has 0 amide bonds. The highest BCUT2D eigenvalue weighted by Crippen LogP contribution is 2.37. The third-order valence-corrected chi connectivity index (χ3v) is 3.63. The van der Waals surface area contributed by atoms with Crippen LogP contribution in [-0.4, -0.2) is 13.1 Å². The van der Waals surface area contributed by atoms with Crippen LogP contribution in [0.4, 0.5) is 0 Å². The Morgan fingerprint density at radius 2 is 2.00 bits per heavy atom. The van der Waals surface area contributed by atoms with E-state index in [2.05, 4.69) is 18.4 Å². The molecule has 1 fully saturated rings. The van der Waals surface area contributed by atoms with Crippen LogP contribution in [-0.2, 0) is 0 Å². The molecule has 1 nitrogen and oxygen atoms in total. The minimum absolute atomic E-state index is 0.716. The van der Waals surface area contributed by atoms with E-state index in [4.69, 9.17) is 0 Å². The van der Waals surface area contributed by atoms with Gasteiger partial charge in [-0.05, 0) is 51.5 Å². The molecular formula is C13H23N. The molecular weight excluding hydrogens is 170 g/mol. The minimum atomic E-state index is 0.716. The van der Waals surface area contributed by atoms with Gasteiger partial charge in [0.25, 0.3) is 0 Å². The summed E-state index contributed by atoms with van der Waals surface area (Å²) in [6, 6.07) is 0.716. The molecule has 1 saturated carbocycles. The third kappa shape index (κ3) is 2.60. The fraction of sp³-hybridized carbons (Fsp3) is 0.846. The second-order valence-corrected chi connectivity index (χ2v) is 4.84. The van der Waals surface area contributed by atoms with Gasteiger partial charge in [-0.3, -0.25) is 0 Å². The van der Waals surface area contributed by atoms with E-state index in [-0.39, 0.29) is 0 Å². The van der Waals surface area contributed by atoms with Crippen LogP contribution in [0.15, 0.2) is 11.6 Å². The van der Waals surface area contributed by atoms with Gasteiger partial charge >= 0.3 is 0 Å². The lowest BCUT2D eigenvalue weighted by atomic mass is 9.92. The monoisotopic (exact) mass is 193 g/mol. The van der Waals surface area contributed by atoms with Crippen LogP contribution in [0, 0.1) is 5.92 Å². The number of allylic oxidation sites excluding steroid dienone is 1. The maximum atomic E-state index is 3.51. The summed E-state index contributed by atoms with van der Waals surface area (Å²) in [5, 5.41) is 3.51. The zero-order valence-electron chi connectivity index (χ0n) is 9.39. The second-order valence-electron chi connectivity index (χ2n) is 4.84. The Morgan fingerprint density at radius 1 is 1.21 bits per heavy atom. The Balaban J connectivity index is 1.96. The van der Waals surface area contributed by atoms with Gasteiger partial charge in [0.15, 0.2) is 0 Å². The topological polar surface area (TPSA) is 12.0 Å². The second kappa shape index (κ2) is 4.97. The molecule has 1 N–H and O–H groups in total. The Morgan fingerprint density at radius 3 is 2.71 bits per heavy atom. The van der Waals surface area contributed by atoms with Gasteiger partial charge in [0.1, 0.15) is 0 Å². The van der Waals surface area contributed by atoms with E-state index in [1.165, 1.54) is 51.4 Å². The van der Waals surface area contributed by atoms with E-state index in [0.717, 1.165) is 5.92 Å². The van der Waals surface area contributed by atoms with Crippen molar-refractivity contribution in [2.45, 2.75) is 57.4 Å². The number of nitrogens with one attached hydrogen (secondary N) is 1. The SMILES string of the molecule is CNC(/C1=C/CCCCCC1)C1CC1. The van der Waals surface area contributed by atoms with Crippen molar-refractivity contribution in [1.82, 2.24) is 5.32 Å². The highest BCUT2D eigenvalue weighted by molar-refractivity contribution is 5.15. The summed E-state index contributed by atoms with van der Waals surface area (Å²) < 4.78 is 0. The lowest BCUT2D eigenvalue weighted by Crippen LogP contribution is -2.29. The molecule has 0 bridgehead atoms. The van der Waals surface area contributed by atoms with E-state index < -0.39 is 0 Å². The summed E-state index contributed by atoms with van der Waals surface area (Å²) in [6.07, 6.45) is 13.8. The van der Waals surface area contributed by atoms with E-state index in [1.54, 1.807) is 5.57 Å². The quantitative estimate of drug-likeness (QED) is 0.678. The fourth-order valence-corrected chi connectivity index (χ4v) is 2.65. The van der Waals surface area contributed by atoms with Crippen molar-refractivity contribution in [2.75, 3.05) is 7.05 Å². The van der Waals surface area contributed by atoms with Crippen LogP contribution in [0.3, 0.4) is 0 Å². The van der Waals surface area contributed by atoms with Crippen molar-refractivity contribution >= 4 is 0 Å². The van der Waals surface area contributed by atoms with Crippen molar-refractivity contribution in [3.05, 3.63) is 11.6 Å². The van der Waals surface area contributed by atoms with Crippen LogP contribution in [0.5, 0.6) is 0 Å². The molecule has 0 heterocycles. The largest absolute Gasteiger partial charge is 0.313 e. The predicted octanol–water partition coefficient (Wildman–Crippen LogP) is 3.27. The molecule has 2 aliphatic rings. The van der Waals surface area contributed by atoms with Crippen LogP contribution in [0.2, 0.25) is 0 Å². The first-order valence-electron chi connectivity index (χ1n) is 6.28. The normalized spacial score (nSPS) is 29.9. The average Bonchev–Trinajstić information content (AvgIpc) is 2.93. The van der Waals surface area contributed by atoms with Crippen molar-refractivity contribution in [3.63, 3.8) is 0 Å². The summed E-state index contributed by atoms with van der Waals surface area (Å²) in [4.78, 5) is 0. The van der Waals surface area contributed by atoms with Crippen LogP contribution >= 0.6 is 0 Å². The van der Waals surface area contributed by atoms with Gasteiger partial charge in [-0.1, -0.05) is 24.5 Å². The van der Waals surface area contributed by atoms with Gasteiger partial charge in [0.2, 0.25) is 0 Å². The number of hydrogen-bond acceptors (Lipinski definition) is 1. The van der Waals surface area contributed by atoms with Crippen LogP contribution < -0.4 is 5.32 Å². The third-order valence-electron chi connectivity index (χ3n) is 3.63. The number of hydrogen-bond donors (Lipinski definition) is 1. The van der Waals surface area contributed by atoms with E-state index in [1.807, 2.05) is 0 Å². The van der Waals surface area contributed by atoms with E-state index >= 15 is 0 Å². The van der Waals surface area contributed by atoms with Crippen molar-refractivity contribution in [1.29, 1.82) is 0 Å². The molecule has 2 rings (SSSR count). The molecule has 1 unspecified atom stereocenters. The molecule has 0 spiro atoms. The Bertz CT molecular complexity index is 203. The molecule has 0 saturated heterocycles. The summed E-state index contributed by atoms with van der Waals surface area (Å²) in [5.41, 5.74) is 1.72. The average molecular weight is 193 g/mol. The molecule has 0 aromatic heterocycles. The highest BCUT2D eigenvalue weighted by Gasteiger charge is 2.32. The summed E-state index contributed by atoms with van der Waals surface area (Å²) in [7, 11) is 2.13. The Hall–Kier alpha value is -0.300. The lowest BCUT2D eigenvalue weighted by molar-refractivity contribution is 0.522. The Labute approximate surface area is 88.0 Å². The lowest BCUT2D eigenvalue weighted by Gasteiger charge is -2.21. The highest BCUT2D eigenvalue weighted by atomic mass is 14.9. The molecule has 0 aromatic carbocycles. The molecule has 1 atom stereocenters. The van der Waals surface area contributed by atoms with Gasteiger partial charge in [-0.2, -0.15) is 0 Å². The van der Waals surface area contributed by atoms with Crippen molar-refractivity contribution in [2.24, 2.45) is 5.92 Å². The molecule has 80 valence electrons. The molecule has 2 aliphatic carbocycles. The summed E-state index contributed by atoms with van der Waals surface area (Å²) >= 11 is 0. The van der Waals surface area contributed by atoms with E-state index in [9.17, 15) is 0 Å². The first-order valence-corrected chi connectivity index (χ1v) is 6.28. The zero-order valence-corrected chi connectivity index (χ0v) is 9.39. The van der Waals surface area contributed by atoms with Gasteiger partial charge in [-0.25, -0.2) is 0 Å². The molecule has 0 aromatic rings. The Kier molecular flexibility index (Phi) is 3.63. The summed E-state index contributed by atoms with van der Waals surface area (Å²) in [6.45, 7) is 0. The standard InChI is InChI=1S/C13H23N/c1-14-13(12-9-10-12)11-7-5-3-2-4-6-8-11/h7,12-14H,2-6,8-10H2,1H3/b11-7+. The molecule has 0 radical (unpaired) electrons. The summed E-state index contributed by atoms with van der Waals surface area (Å²) in [5.74, 6) is 0.964. The van der Waals surface area contributed by atoms with Gasteiger partial charge in [0.05, 0.1) is 0 Å². The molecule has 14 heavy (non-hydrogen) atoms. The van der Waals surface area contributed by atoms with Gasteiger partial charge in [0, 0.05) is 6.04 Å². The fourth-order valence-electron chi connectivity index (χ4n) is 2.65. The van der Waals surface area contributed by atoms with Crippen molar-refractivity contribution in [3.8, 4) is 0 Å². The smallest absolute Gasteiger partial charge is 0.0305 e. The van der Waals surface area contributed by atoms with Crippen LogP contribution in [0.25, 0.3) is 0 Å². The maximum absolute atomic E-state index is 3.51. The minimum Gasteiger partial charge on any atom is -0.313 e. The number of likely N-dealkylation sites (N-methyl/N-ethyl adjacent to an activating group) is 1. The van der Waals surface area contributed by atoms with E-state index in [0.29, 0.717) is 6.04 Å². The van der Waals surface area contributed by atoms with Crippen molar-refractivity contribution < 1.29 is 0 Å². The van der Waals surface area contributed by atoms with Crippen LogP contribution in [0.1, 0.15) is 51.4 Å². The van der Waals surface area contributed by atoms with Gasteiger partial charge in [-0.15, -0.1) is 0 Å². The van der Waals surface area contributed by atoms with Gasteiger partial charge < -0.3 is 5.32 Å². The zero-order chi connectivity index (χ0) is 9.80. The predicted molar refractivity (Wildman–Crippen MR) is 61.4 cm³/mol.